The summed E-state index contributed by atoms with van der Waals surface area (Å²) in [5.41, 5.74) is 1.13. The first-order valence-corrected chi connectivity index (χ1v) is 11.0. The van der Waals surface area contributed by atoms with E-state index in [1.807, 2.05) is 36.4 Å². The maximum atomic E-state index is 12.5. The molecule has 0 saturated carbocycles. The summed E-state index contributed by atoms with van der Waals surface area (Å²) < 4.78 is 0. The van der Waals surface area contributed by atoms with E-state index in [4.69, 9.17) is 23.2 Å². The molecule has 1 amide bonds. The lowest BCUT2D eigenvalue weighted by Gasteiger charge is -2.32. The predicted molar refractivity (Wildman–Crippen MR) is 115 cm³/mol. The van der Waals surface area contributed by atoms with Crippen LogP contribution in [0.25, 0.3) is 0 Å². The fourth-order valence-corrected chi connectivity index (χ4v) is 4.42. The monoisotopic (exact) mass is 422 g/mol. The van der Waals surface area contributed by atoms with Crippen LogP contribution in [-0.4, -0.2) is 36.2 Å². The maximum Gasteiger partial charge on any atom is 0.224 e. The lowest BCUT2D eigenvalue weighted by molar-refractivity contribution is -0.126. The molecular formula is C21H24Cl2N2OS. The highest BCUT2D eigenvalue weighted by Gasteiger charge is 2.25. The number of piperidine rings is 1. The molecule has 1 heterocycles. The van der Waals surface area contributed by atoms with E-state index in [1.165, 1.54) is 4.90 Å². The van der Waals surface area contributed by atoms with Crippen molar-refractivity contribution in [2.75, 3.05) is 25.4 Å². The fourth-order valence-electron chi connectivity index (χ4n) is 3.31. The van der Waals surface area contributed by atoms with E-state index in [-0.39, 0.29) is 11.8 Å². The third kappa shape index (κ3) is 6.42. The molecule has 1 saturated heterocycles. The predicted octanol–water partition coefficient (Wildman–Crippen LogP) is 5.11. The Morgan fingerprint density at radius 1 is 1.15 bits per heavy atom. The Morgan fingerprint density at radius 2 is 1.96 bits per heavy atom. The Bertz CT molecular complexity index is 757. The van der Waals surface area contributed by atoms with Gasteiger partial charge in [0.25, 0.3) is 0 Å². The average Bonchev–Trinajstić information content (AvgIpc) is 2.69. The summed E-state index contributed by atoms with van der Waals surface area (Å²) in [4.78, 5) is 16.1. The van der Waals surface area contributed by atoms with Crippen LogP contribution < -0.4 is 5.32 Å². The number of benzene rings is 2. The summed E-state index contributed by atoms with van der Waals surface area (Å²) in [6.45, 7) is 3.29. The van der Waals surface area contributed by atoms with E-state index in [9.17, 15) is 4.79 Å². The third-order valence-electron chi connectivity index (χ3n) is 4.68. The van der Waals surface area contributed by atoms with Gasteiger partial charge in [-0.2, -0.15) is 0 Å². The normalized spacial score (nSPS) is 17.6. The van der Waals surface area contributed by atoms with Crippen LogP contribution in [0.15, 0.2) is 53.4 Å². The standard InChI is InChI=1S/C21H24Cl2N2OS/c22-19-9-8-16(13-20(19)23)14-25-11-4-5-17(15-25)21(26)24-10-12-27-18-6-2-1-3-7-18/h1-3,6-9,13,17H,4-5,10-12,14-15H2,(H,24,26). The molecule has 2 aromatic rings. The van der Waals surface area contributed by atoms with Gasteiger partial charge in [0.15, 0.2) is 0 Å². The number of carbonyl (C=O) groups excluding carboxylic acids is 1. The minimum absolute atomic E-state index is 0.0586. The van der Waals surface area contributed by atoms with Gasteiger partial charge in [0.2, 0.25) is 5.91 Å². The zero-order valence-corrected chi connectivity index (χ0v) is 17.5. The number of hydrogen-bond acceptors (Lipinski definition) is 3. The van der Waals surface area contributed by atoms with Crippen molar-refractivity contribution < 1.29 is 4.79 Å². The molecule has 3 rings (SSSR count). The number of nitrogens with one attached hydrogen (secondary N) is 1. The molecule has 2 aromatic carbocycles. The van der Waals surface area contributed by atoms with Crippen LogP contribution in [0.5, 0.6) is 0 Å². The Labute approximate surface area is 175 Å². The molecule has 1 aliphatic rings. The molecule has 1 N–H and O–H groups in total. The molecule has 3 nitrogen and oxygen atoms in total. The van der Waals surface area contributed by atoms with Crippen molar-refractivity contribution in [3.05, 3.63) is 64.1 Å². The van der Waals surface area contributed by atoms with Crippen molar-refractivity contribution in [1.29, 1.82) is 0 Å². The number of likely N-dealkylation sites (tertiary alicyclic amines) is 1. The molecule has 0 radical (unpaired) electrons. The first-order valence-electron chi connectivity index (χ1n) is 9.23. The van der Waals surface area contributed by atoms with Gasteiger partial charge < -0.3 is 5.32 Å². The first-order chi connectivity index (χ1) is 13.1. The van der Waals surface area contributed by atoms with Gasteiger partial charge in [-0.1, -0.05) is 47.5 Å². The van der Waals surface area contributed by atoms with Gasteiger partial charge in [0.05, 0.1) is 16.0 Å². The van der Waals surface area contributed by atoms with E-state index in [2.05, 4.69) is 22.3 Å². The Morgan fingerprint density at radius 3 is 2.74 bits per heavy atom. The minimum Gasteiger partial charge on any atom is -0.355 e. The second kappa shape index (κ2) is 10.4. The van der Waals surface area contributed by atoms with Crippen molar-refractivity contribution in [3.63, 3.8) is 0 Å². The van der Waals surface area contributed by atoms with Crippen LogP contribution in [-0.2, 0) is 11.3 Å². The van der Waals surface area contributed by atoms with E-state index in [0.717, 1.165) is 43.8 Å². The number of nitrogens with zero attached hydrogens (tertiary/aromatic N) is 1. The molecule has 1 aliphatic heterocycles. The maximum absolute atomic E-state index is 12.5. The van der Waals surface area contributed by atoms with Crippen LogP contribution in [0.3, 0.4) is 0 Å². The molecule has 0 aromatic heterocycles. The number of halogens is 2. The molecule has 1 fully saturated rings. The van der Waals surface area contributed by atoms with Crippen molar-refractivity contribution in [1.82, 2.24) is 10.2 Å². The SMILES string of the molecule is O=C(NCCSc1ccccc1)C1CCCN(Cc2ccc(Cl)c(Cl)c2)C1. The molecular weight excluding hydrogens is 399 g/mol. The Balaban J connectivity index is 1.42. The van der Waals surface area contributed by atoms with Crippen molar-refractivity contribution in [2.24, 2.45) is 5.92 Å². The summed E-state index contributed by atoms with van der Waals surface area (Å²) in [5, 5.41) is 4.25. The van der Waals surface area contributed by atoms with Gasteiger partial charge in [-0.25, -0.2) is 0 Å². The molecule has 1 atom stereocenters. The number of hydrogen-bond donors (Lipinski definition) is 1. The largest absolute Gasteiger partial charge is 0.355 e. The van der Waals surface area contributed by atoms with E-state index in [0.29, 0.717) is 16.6 Å². The number of rotatable bonds is 7. The summed E-state index contributed by atoms with van der Waals surface area (Å²) in [5.74, 6) is 1.11. The highest BCUT2D eigenvalue weighted by Crippen LogP contribution is 2.25. The van der Waals surface area contributed by atoms with Crippen LogP contribution >= 0.6 is 35.0 Å². The van der Waals surface area contributed by atoms with Crippen LogP contribution in [0.1, 0.15) is 18.4 Å². The highest BCUT2D eigenvalue weighted by molar-refractivity contribution is 7.99. The Hall–Kier alpha value is -1.20. The molecule has 0 bridgehead atoms. The number of amides is 1. The van der Waals surface area contributed by atoms with Crippen LogP contribution in [0.4, 0.5) is 0 Å². The second-order valence-corrected chi connectivity index (χ2v) is 8.76. The van der Waals surface area contributed by atoms with Crippen molar-refractivity contribution >= 4 is 40.9 Å². The molecule has 1 unspecified atom stereocenters. The van der Waals surface area contributed by atoms with E-state index in [1.54, 1.807) is 11.8 Å². The second-order valence-electron chi connectivity index (χ2n) is 6.78. The molecule has 144 valence electrons. The zero-order chi connectivity index (χ0) is 19.1. The summed E-state index contributed by atoms with van der Waals surface area (Å²) >= 11 is 13.9. The lowest BCUT2D eigenvalue weighted by Crippen LogP contribution is -2.43. The lowest BCUT2D eigenvalue weighted by atomic mass is 9.96. The van der Waals surface area contributed by atoms with Gasteiger partial charge >= 0.3 is 0 Å². The number of carbonyl (C=O) groups is 1. The smallest absolute Gasteiger partial charge is 0.224 e. The van der Waals surface area contributed by atoms with Gasteiger partial charge in [-0.15, -0.1) is 11.8 Å². The highest BCUT2D eigenvalue weighted by atomic mass is 35.5. The van der Waals surface area contributed by atoms with E-state index >= 15 is 0 Å². The molecule has 27 heavy (non-hydrogen) atoms. The quantitative estimate of drug-likeness (QED) is 0.496. The van der Waals surface area contributed by atoms with Crippen molar-refractivity contribution in [2.45, 2.75) is 24.3 Å². The third-order valence-corrected chi connectivity index (χ3v) is 6.43. The van der Waals surface area contributed by atoms with Crippen molar-refractivity contribution in [3.8, 4) is 0 Å². The van der Waals surface area contributed by atoms with Crippen LogP contribution in [0.2, 0.25) is 10.0 Å². The first kappa shape index (κ1) is 20.5. The summed E-state index contributed by atoms with van der Waals surface area (Å²) in [7, 11) is 0. The van der Waals surface area contributed by atoms with Gasteiger partial charge in [0, 0.05) is 30.3 Å². The van der Waals surface area contributed by atoms with E-state index < -0.39 is 0 Å². The average molecular weight is 423 g/mol. The zero-order valence-electron chi connectivity index (χ0n) is 15.2. The Kier molecular flexibility index (Phi) is 7.89. The van der Waals surface area contributed by atoms with Gasteiger partial charge in [0.1, 0.15) is 0 Å². The topological polar surface area (TPSA) is 32.3 Å². The van der Waals surface area contributed by atoms with Crippen LogP contribution in [0, 0.1) is 5.92 Å². The fraction of sp³-hybridized carbons (Fsp3) is 0.381. The van der Waals surface area contributed by atoms with Gasteiger partial charge in [-0.05, 0) is 49.2 Å². The summed E-state index contributed by atoms with van der Waals surface area (Å²) in [6, 6.07) is 16.0. The molecule has 0 spiro atoms. The number of thioether (sulfide) groups is 1. The molecule has 6 heteroatoms. The van der Waals surface area contributed by atoms with Gasteiger partial charge in [-0.3, -0.25) is 9.69 Å². The molecule has 0 aliphatic carbocycles. The summed E-state index contributed by atoms with van der Waals surface area (Å²) in [6.07, 6.45) is 1.99. The minimum atomic E-state index is 0.0586.